The summed E-state index contributed by atoms with van der Waals surface area (Å²) in [6, 6.07) is 8.58. The van der Waals surface area contributed by atoms with Gasteiger partial charge in [0.25, 0.3) is 5.91 Å². The fourth-order valence-electron chi connectivity index (χ4n) is 2.55. The van der Waals surface area contributed by atoms with Crippen LogP contribution in [0, 0.1) is 0 Å². The van der Waals surface area contributed by atoms with E-state index >= 15 is 0 Å². The van der Waals surface area contributed by atoms with Gasteiger partial charge in [0.1, 0.15) is 5.76 Å². The van der Waals surface area contributed by atoms with Crippen molar-refractivity contribution >= 4 is 21.9 Å². The molecule has 9 nitrogen and oxygen atoms in total. The molecule has 0 atom stereocenters. The van der Waals surface area contributed by atoms with Gasteiger partial charge in [-0.05, 0) is 36.4 Å². The number of hydrogen-bond donors (Lipinski definition) is 1. The Kier molecular flexibility index (Phi) is 6.45. The van der Waals surface area contributed by atoms with E-state index in [1.165, 1.54) is 30.5 Å². The Hall–Kier alpha value is -2.69. The van der Waals surface area contributed by atoms with Crippen LogP contribution in [0.15, 0.2) is 52.0 Å². The number of esters is 1. The van der Waals surface area contributed by atoms with Crippen LogP contribution in [0.3, 0.4) is 0 Å². The minimum Gasteiger partial charge on any atom is -0.468 e. The number of hydrogen-bond acceptors (Lipinski definition) is 7. The van der Waals surface area contributed by atoms with Crippen LogP contribution in [-0.4, -0.2) is 58.1 Å². The molecule has 1 amide bonds. The van der Waals surface area contributed by atoms with Crippen molar-refractivity contribution in [3.63, 3.8) is 0 Å². The fourth-order valence-corrected chi connectivity index (χ4v) is 3.54. The topological polar surface area (TPSA) is 115 Å². The molecule has 0 saturated carbocycles. The lowest BCUT2D eigenvalue weighted by Crippen LogP contribution is -2.42. The lowest BCUT2D eigenvalue weighted by molar-refractivity contribution is -0.138. The van der Waals surface area contributed by atoms with E-state index in [0.717, 1.165) is 0 Å². The Bertz CT molecular complexity index is 902. The average Bonchev–Trinajstić information content (AvgIpc) is 3.25. The van der Waals surface area contributed by atoms with Crippen LogP contribution in [0.2, 0.25) is 0 Å². The van der Waals surface area contributed by atoms with Gasteiger partial charge in [0.2, 0.25) is 10.0 Å². The minimum absolute atomic E-state index is 0.000000701. The molecule has 2 aromatic rings. The molecule has 150 valence electrons. The van der Waals surface area contributed by atoms with E-state index in [4.69, 9.17) is 13.9 Å². The first-order valence-electron chi connectivity index (χ1n) is 8.60. The van der Waals surface area contributed by atoms with Crippen LogP contribution < -0.4 is 4.72 Å². The lowest BCUT2D eigenvalue weighted by Gasteiger charge is -2.26. The predicted molar refractivity (Wildman–Crippen MR) is 96.9 cm³/mol. The van der Waals surface area contributed by atoms with Crippen molar-refractivity contribution in [2.75, 3.05) is 32.9 Å². The molecule has 3 rings (SSSR count). The van der Waals surface area contributed by atoms with E-state index in [9.17, 15) is 18.0 Å². The Morgan fingerprint density at radius 1 is 1.11 bits per heavy atom. The van der Waals surface area contributed by atoms with Crippen LogP contribution in [0.4, 0.5) is 0 Å². The Morgan fingerprint density at radius 3 is 2.46 bits per heavy atom. The molecule has 0 bridgehead atoms. The maximum atomic E-state index is 12.3. The number of carbonyl (C=O) groups is 2. The monoisotopic (exact) mass is 408 g/mol. The van der Waals surface area contributed by atoms with Gasteiger partial charge >= 0.3 is 5.97 Å². The molecule has 1 aliphatic rings. The summed E-state index contributed by atoms with van der Waals surface area (Å²) in [4.78, 5) is 25.6. The third-order valence-electron chi connectivity index (χ3n) is 4.11. The average molecular weight is 408 g/mol. The summed E-state index contributed by atoms with van der Waals surface area (Å²) in [5.41, 5.74) is 0.153. The van der Waals surface area contributed by atoms with E-state index < -0.39 is 16.0 Å². The second-order valence-electron chi connectivity index (χ2n) is 6.00. The molecule has 1 saturated heterocycles. The molecule has 1 N–H and O–H groups in total. The molecule has 0 aliphatic carbocycles. The number of morpholine rings is 1. The summed E-state index contributed by atoms with van der Waals surface area (Å²) in [5.74, 6) is -0.513. The summed E-state index contributed by atoms with van der Waals surface area (Å²) in [7, 11) is -3.75. The maximum absolute atomic E-state index is 12.3. The molecule has 28 heavy (non-hydrogen) atoms. The van der Waals surface area contributed by atoms with Crippen LogP contribution in [0.5, 0.6) is 0 Å². The number of amides is 1. The molecule has 0 spiro atoms. The Morgan fingerprint density at radius 2 is 1.82 bits per heavy atom. The van der Waals surface area contributed by atoms with Crippen LogP contribution in [0.1, 0.15) is 16.1 Å². The van der Waals surface area contributed by atoms with E-state index in [1.54, 1.807) is 17.0 Å². The molecular formula is C18H20N2O7S. The van der Waals surface area contributed by atoms with Gasteiger partial charge in [0, 0.05) is 13.1 Å². The summed E-state index contributed by atoms with van der Waals surface area (Å²) in [5, 5.41) is 0. The highest BCUT2D eigenvalue weighted by Gasteiger charge is 2.20. The molecule has 1 aromatic carbocycles. The van der Waals surface area contributed by atoms with Gasteiger partial charge in [-0.1, -0.05) is 0 Å². The second-order valence-corrected chi connectivity index (χ2v) is 7.76. The van der Waals surface area contributed by atoms with Crippen molar-refractivity contribution in [2.45, 2.75) is 11.4 Å². The standard InChI is InChI=1S/C18H20N2O7S/c21-17(20-7-10-25-11-8-20)13-27-18(22)14-3-5-16(6-4-14)28(23,24)19-12-15-2-1-9-26-15/h1-6,9,19H,7-8,10-13H2. The van der Waals surface area contributed by atoms with E-state index in [2.05, 4.69) is 4.72 Å². The summed E-state index contributed by atoms with van der Waals surface area (Å²) in [6.07, 6.45) is 1.45. The fraction of sp³-hybridized carbons (Fsp3) is 0.333. The maximum Gasteiger partial charge on any atom is 0.338 e. The second kappa shape index (κ2) is 9.00. The number of furan rings is 1. The lowest BCUT2D eigenvalue weighted by atomic mass is 10.2. The highest BCUT2D eigenvalue weighted by atomic mass is 32.2. The van der Waals surface area contributed by atoms with Crippen molar-refractivity contribution < 1.29 is 31.9 Å². The third-order valence-corrected chi connectivity index (χ3v) is 5.52. The van der Waals surface area contributed by atoms with Gasteiger partial charge in [-0.3, -0.25) is 4.79 Å². The quantitative estimate of drug-likeness (QED) is 0.673. The van der Waals surface area contributed by atoms with E-state index in [-0.39, 0.29) is 29.5 Å². The number of rotatable bonds is 7. The third kappa shape index (κ3) is 5.18. The molecule has 10 heteroatoms. The SMILES string of the molecule is O=C(OCC(=O)N1CCOCC1)c1ccc(S(=O)(=O)NCc2ccco2)cc1. The first kappa shape index (κ1) is 20.1. The van der Waals surface area contributed by atoms with Gasteiger partial charge in [0.15, 0.2) is 6.61 Å². The zero-order valence-corrected chi connectivity index (χ0v) is 15.8. The zero-order valence-electron chi connectivity index (χ0n) is 15.0. The number of sulfonamides is 1. The van der Waals surface area contributed by atoms with Gasteiger partial charge < -0.3 is 18.8 Å². The Balaban J connectivity index is 1.54. The molecule has 1 aromatic heterocycles. The number of nitrogens with zero attached hydrogens (tertiary/aromatic N) is 1. The molecule has 0 unspecified atom stereocenters. The van der Waals surface area contributed by atoms with Gasteiger partial charge in [-0.25, -0.2) is 17.9 Å². The highest BCUT2D eigenvalue weighted by molar-refractivity contribution is 7.89. The predicted octanol–water partition coefficient (Wildman–Crippen LogP) is 0.774. The number of nitrogens with one attached hydrogen (secondary N) is 1. The summed E-state index contributed by atoms with van der Waals surface area (Å²) < 4.78 is 42.2. The first-order chi connectivity index (χ1) is 13.5. The summed E-state index contributed by atoms with van der Waals surface area (Å²) >= 11 is 0. The van der Waals surface area contributed by atoms with Gasteiger partial charge in [-0.2, -0.15) is 0 Å². The number of ether oxygens (including phenoxy) is 2. The number of carbonyl (C=O) groups excluding carboxylic acids is 2. The first-order valence-corrected chi connectivity index (χ1v) is 10.1. The van der Waals surface area contributed by atoms with Crippen LogP contribution in [0.25, 0.3) is 0 Å². The smallest absolute Gasteiger partial charge is 0.338 e. The van der Waals surface area contributed by atoms with Crippen molar-refractivity contribution in [3.05, 3.63) is 54.0 Å². The van der Waals surface area contributed by atoms with Crippen molar-refractivity contribution in [1.29, 1.82) is 0 Å². The Labute approximate surface area is 162 Å². The minimum atomic E-state index is -3.75. The van der Waals surface area contributed by atoms with Gasteiger partial charge in [-0.15, -0.1) is 0 Å². The highest BCUT2D eigenvalue weighted by Crippen LogP contribution is 2.12. The molecule has 1 aliphatic heterocycles. The van der Waals surface area contributed by atoms with Crippen molar-refractivity contribution in [3.8, 4) is 0 Å². The van der Waals surface area contributed by atoms with Crippen LogP contribution in [-0.2, 0) is 30.8 Å². The normalized spacial score (nSPS) is 14.6. The number of benzene rings is 1. The van der Waals surface area contributed by atoms with Crippen molar-refractivity contribution in [2.24, 2.45) is 0 Å². The largest absolute Gasteiger partial charge is 0.468 e. The van der Waals surface area contributed by atoms with Crippen LogP contribution >= 0.6 is 0 Å². The molecule has 2 heterocycles. The molecule has 0 radical (unpaired) electrons. The van der Waals surface area contributed by atoms with Gasteiger partial charge in [0.05, 0.1) is 36.5 Å². The molecular weight excluding hydrogens is 388 g/mol. The molecule has 1 fully saturated rings. The summed E-state index contributed by atoms with van der Waals surface area (Å²) in [6.45, 7) is 1.50. The zero-order chi connectivity index (χ0) is 20.0. The van der Waals surface area contributed by atoms with E-state index in [1.807, 2.05) is 0 Å². The van der Waals surface area contributed by atoms with Crippen molar-refractivity contribution in [1.82, 2.24) is 9.62 Å². The van der Waals surface area contributed by atoms with E-state index in [0.29, 0.717) is 32.1 Å².